The highest BCUT2D eigenvalue weighted by Crippen LogP contribution is 2.30. The molecule has 0 bridgehead atoms. The summed E-state index contributed by atoms with van der Waals surface area (Å²) in [5.41, 5.74) is 1.14. The van der Waals surface area contributed by atoms with Crippen molar-refractivity contribution in [3.8, 4) is 5.75 Å². The minimum absolute atomic E-state index is 0. The summed E-state index contributed by atoms with van der Waals surface area (Å²) in [6, 6.07) is 8.38. The van der Waals surface area contributed by atoms with E-state index in [-0.39, 0.29) is 30.3 Å². The largest absolute Gasteiger partial charge is 0.483 e. The number of hydrogen-bond donors (Lipinski definition) is 1. The van der Waals surface area contributed by atoms with Crippen LogP contribution >= 0.6 is 12.4 Å². The summed E-state index contributed by atoms with van der Waals surface area (Å²) in [5, 5.41) is 3.26. The van der Waals surface area contributed by atoms with Crippen molar-refractivity contribution in [3.63, 3.8) is 0 Å². The number of likely N-dealkylation sites (tertiary alicyclic amines) is 1. The van der Waals surface area contributed by atoms with Gasteiger partial charge < -0.3 is 15.0 Å². The van der Waals surface area contributed by atoms with Gasteiger partial charge in [0.1, 0.15) is 5.75 Å². The lowest BCUT2D eigenvalue weighted by Gasteiger charge is -2.32. The van der Waals surface area contributed by atoms with Crippen molar-refractivity contribution in [2.75, 3.05) is 26.7 Å². The molecular weight excluding hydrogens is 312 g/mol. The van der Waals surface area contributed by atoms with Crippen LogP contribution in [0.5, 0.6) is 5.75 Å². The zero-order chi connectivity index (χ0) is 16.2. The number of piperidine rings is 1. The molecule has 1 aliphatic heterocycles. The number of carbonyl (C=O) groups is 1. The number of nitrogens with zero attached hydrogens (tertiary/aromatic N) is 1. The average Bonchev–Trinajstić information content (AvgIpc) is 2.52. The van der Waals surface area contributed by atoms with Crippen molar-refractivity contribution in [1.29, 1.82) is 0 Å². The minimum atomic E-state index is 0. The Bertz CT molecular complexity index is 514. The maximum atomic E-state index is 12.4. The number of hydrogen-bond acceptors (Lipinski definition) is 3. The number of para-hydroxylation sites is 1. The Labute approximate surface area is 146 Å². The van der Waals surface area contributed by atoms with E-state index in [0.717, 1.165) is 37.2 Å². The van der Waals surface area contributed by atoms with E-state index in [9.17, 15) is 4.79 Å². The molecule has 0 spiro atoms. The van der Waals surface area contributed by atoms with Crippen LogP contribution in [0.1, 0.15) is 39.2 Å². The third kappa shape index (κ3) is 5.40. The molecule has 130 valence electrons. The molecule has 1 aliphatic rings. The summed E-state index contributed by atoms with van der Waals surface area (Å²) in [7, 11) is 1.95. The lowest BCUT2D eigenvalue weighted by molar-refractivity contribution is -0.134. The molecule has 0 aliphatic carbocycles. The van der Waals surface area contributed by atoms with Crippen molar-refractivity contribution in [3.05, 3.63) is 29.8 Å². The fraction of sp³-hybridized carbons (Fsp3) is 0.611. The van der Waals surface area contributed by atoms with E-state index in [4.69, 9.17) is 4.74 Å². The summed E-state index contributed by atoms with van der Waals surface area (Å²) in [6.45, 7) is 8.18. The first kappa shape index (κ1) is 19.8. The molecule has 1 saturated heterocycles. The number of rotatable bonds is 4. The number of benzene rings is 1. The normalized spacial score (nSPS) is 18.3. The predicted octanol–water partition coefficient (Wildman–Crippen LogP) is 3.00. The van der Waals surface area contributed by atoms with Gasteiger partial charge in [-0.25, -0.2) is 0 Å². The van der Waals surface area contributed by atoms with E-state index >= 15 is 0 Å². The Hall–Kier alpha value is -1.26. The topological polar surface area (TPSA) is 41.6 Å². The molecule has 5 heteroatoms. The third-order valence-corrected chi connectivity index (χ3v) is 4.23. The summed E-state index contributed by atoms with van der Waals surface area (Å²) >= 11 is 0. The van der Waals surface area contributed by atoms with Crippen LogP contribution in [0.4, 0.5) is 0 Å². The van der Waals surface area contributed by atoms with Crippen LogP contribution in [-0.4, -0.2) is 43.6 Å². The van der Waals surface area contributed by atoms with Gasteiger partial charge in [-0.3, -0.25) is 4.79 Å². The molecule has 2 rings (SSSR count). The lowest BCUT2D eigenvalue weighted by atomic mass is 9.86. The maximum Gasteiger partial charge on any atom is 0.260 e. The first-order valence-electron chi connectivity index (χ1n) is 8.09. The molecule has 1 N–H and O–H groups in total. The van der Waals surface area contributed by atoms with Gasteiger partial charge in [0.15, 0.2) is 6.61 Å². The van der Waals surface area contributed by atoms with Gasteiger partial charge >= 0.3 is 0 Å². The second kappa shape index (κ2) is 8.55. The SMILES string of the molecule is CNC1CCCN(C(=O)COc2ccccc2C(C)(C)C)C1.Cl. The van der Waals surface area contributed by atoms with E-state index in [0.29, 0.717) is 6.04 Å². The Kier molecular flexibility index (Phi) is 7.36. The number of nitrogens with one attached hydrogen (secondary N) is 1. The van der Waals surface area contributed by atoms with Gasteiger partial charge in [0.05, 0.1) is 0 Å². The van der Waals surface area contributed by atoms with E-state index in [1.54, 1.807) is 0 Å². The molecule has 1 fully saturated rings. The Morgan fingerprint density at radius 2 is 2.04 bits per heavy atom. The molecule has 1 amide bonds. The smallest absolute Gasteiger partial charge is 0.260 e. The predicted molar refractivity (Wildman–Crippen MR) is 96.5 cm³/mol. The number of ether oxygens (including phenoxy) is 1. The Morgan fingerprint density at radius 3 is 2.70 bits per heavy atom. The van der Waals surface area contributed by atoms with Gasteiger partial charge in [-0.1, -0.05) is 39.0 Å². The number of halogens is 1. The summed E-state index contributed by atoms with van der Waals surface area (Å²) in [6.07, 6.45) is 2.18. The number of carbonyl (C=O) groups excluding carboxylic acids is 1. The molecule has 0 aromatic heterocycles. The van der Waals surface area contributed by atoms with Crippen LogP contribution in [0, 0.1) is 0 Å². The van der Waals surface area contributed by atoms with E-state index in [1.807, 2.05) is 30.1 Å². The molecule has 0 radical (unpaired) electrons. The first-order valence-corrected chi connectivity index (χ1v) is 8.09. The van der Waals surface area contributed by atoms with Gasteiger partial charge in [-0.2, -0.15) is 0 Å². The molecule has 1 aromatic rings. The van der Waals surface area contributed by atoms with E-state index < -0.39 is 0 Å². The van der Waals surface area contributed by atoms with Crippen LogP contribution < -0.4 is 10.1 Å². The Morgan fingerprint density at radius 1 is 1.35 bits per heavy atom. The maximum absolute atomic E-state index is 12.4. The van der Waals surface area contributed by atoms with Crippen molar-refractivity contribution in [2.24, 2.45) is 0 Å². The van der Waals surface area contributed by atoms with Gasteiger partial charge in [-0.15, -0.1) is 12.4 Å². The van der Waals surface area contributed by atoms with Crippen molar-refractivity contribution >= 4 is 18.3 Å². The quantitative estimate of drug-likeness (QED) is 0.916. The van der Waals surface area contributed by atoms with Crippen LogP contribution in [0.25, 0.3) is 0 Å². The summed E-state index contributed by atoms with van der Waals surface area (Å²) in [4.78, 5) is 14.3. The van der Waals surface area contributed by atoms with E-state index in [1.165, 1.54) is 0 Å². The fourth-order valence-corrected chi connectivity index (χ4v) is 2.88. The summed E-state index contributed by atoms with van der Waals surface area (Å²) < 4.78 is 5.84. The molecule has 1 aromatic carbocycles. The van der Waals surface area contributed by atoms with Gasteiger partial charge in [0.25, 0.3) is 5.91 Å². The van der Waals surface area contributed by atoms with Crippen molar-refractivity contribution in [1.82, 2.24) is 10.2 Å². The monoisotopic (exact) mass is 340 g/mol. The standard InChI is InChI=1S/C18H28N2O2.ClH/c1-18(2,3)15-9-5-6-10-16(15)22-13-17(21)20-11-7-8-14(12-20)19-4;/h5-6,9-10,14,19H,7-8,11-13H2,1-4H3;1H. The zero-order valence-corrected chi connectivity index (χ0v) is 15.4. The highest BCUT2D eigenvalue weighted by molar-refractivity contribution is 5.85. The zero-order valence-electron chi connectivity index (χ0n) is 14.6. The van der Waals surface area contributed by atoms with Gasteiger partial charge in [0.2, 0.25) is 0 Å². The van der Waals surface area contributed by atoms with Crippen LogP contribution in [0.2, 0.25) is 0 Å². The first-order chi connectivity index (χ1) is 10.4. The number of amides is 1. The molecule has 4 nitrogen and oxygen atoms in total. The lowest BCUT2D eigenvalue weighted by Crippen LogP contribution is -2.48. The number of likely N-dealkylation sites (N-methyl/N-ethyl adjacent to an activating group) is 1. The van der Waals surface area contributed by atoms with Gasteiger partial charge in [0, 0.05) is 19.1 Å². The fourth-order valence-electron chi connectivity index (χ4n) is 2.88. The molecule has 23 heavy (non-hydrogen) atoms. The van der Waals surface area contributed by atoms with Crippen molar-refractivity contribution in [2.45, 2.75) is 45.1 Å². The minimum Gasteiger partial charge on any atom is -0.483 e. The van der Waals surface area contributed by atoms with Crippen LogP contribution in [0.15, 0.2) is 24.3 Å². The second-order valence-electron chi connectivity index (χ2n) is 7.00. The highest BCUT2D eigenvalue weighted by atomic mass is 35.5. The molecule has 1 heterocycles. The van der Waals surface area contributed by atoms with Crippen LogP contribution in [-0.2, 0) is 10.2 Å². The molecule has 0 saturated carbocycles. The molecule has 1 unspecified atom stereocenters. The van der Waals surface area contributed by atoms with Crippen molar-refractivity contribution < 1.29 is 9.53 Å². The summed E-state index contributed by atoms with van der Waals surface area (Å²) in [5.74, 6) is 0.884. The Balaban J connectivity index is 0.00000264. The average molecular weight is 341 g/mol. The van der Waals surface area contributed by atoms with Crippen LogP contribution in [0.3, 0.4) is 0 Å². The molecule has 1 atom stereocenters. The second-order valence-corrected chi connectivity index (χ2v) is 7.00. The van der Waals surface area contributed by atoms with E-state index in [2.05, 4.69) is 32.2 Å². The highest BCUT2D eigenvalue weighted by Gasteiger charge is 2.24. The van der Waals surface area contributed by atoms with Gasteiger partial charge in [-0.05, 0) is 36.9 Å². The molecular formula is C18H29ClN2O2. The third-order valence-electron chi connectivity index (χ3n) is 4.23.